The molecule has 0 aromatic carbocycles. The van der Waals surface area contributed by atoms with Gasteiger partial charge in [0.2, 0.25) is 0 Å². The van der Waals surface area contributed by atoms with Crippen molar-refractivity contribution < 1.29 is 9.18 Å². The van der Waals surface area contributed by atoms with E-state index in [2.05, 4.69) is 10.1 Å². The highest BCUT2D eigenvalue weighted by Gasteiger charge is 2.44. The lowest BCUT2D eigenvalue weighted by Crippen LogP contribution is -2.47. The molecule has 6 heteroatoms. The monoisotopic (exact) mass is 300 g/mol. The first-order chi connectivity index (χ1) is 10.7. The fourth-order valence-electron chi connectivity index (χ4n) is 3.87. The smallest absolute Gasteiger partial charge is 0.256 e. The first kappa shape index (κ1) is 13.4. The molecule has 2 aromatic heterocycles. The molecule has 2 aliphatic rings. The van der Waals surface area contributed by atoms with Gasteiger partial charge < -0.3 is 4.90 Å². The topological polar surface area (TPSA) is 51.0 Å². The van der Waals surface area contributed by atoms with E-state index < -0.39 is 5.82 Å². The lowest BCUT2D eigenvalue weighted by molar-refractivity contribution is 0.0523. The molecule has 22 heavy (non-hydrogen) atoms. The number of rotatable bonds is 2. The fourth-order valence-corrected chi connectivity index (χ4v) is 3.87. The third-order valence-corrected chi connectivity index (χ3v) is 4.79. The van der Waals surface area contributed by atoms with Crippen molar-refractivity contribution in [3.63, 3.8) is 0 Å². The number of fused-ring (bicyclic) bond motifs is 2. The predicted octanol–water partition coefficient (Wildman–Crippen LogP) is 2.43. The number of hydrogen-bond donors (Lipinski definition) is 0. The summed E-state index contributed by atoms with van der Waals surface area (Å²) >= 11 is 0. The molecule has 1 amide bonds. The van der Waals surface area contributed by atoms with Crippen LogP contribution < -0.4 is 0 Å². The Labute approximate surface area is 127 Å². The minimum absolute atomic E-state index is 0.0987. The maximum Gasteiger partial charge on any atom is 0.256 e. The molecule has 2 aromatic rings. The van der Waals surface area contributed by atoms with Gasteiger partial charge in [-0.1, -0.05) is 0 Å². The second kappa shape index (κ2) is 5.19. The second-order valence-electron chi connectivity index (χ2n) is 6.10. The summed E-state index contributed by atoms with van der Waals surface area (Å²) in [6, 6.07) is 3.97. The van der Waals surface area contributed by atoms with Crippen LogP contribution in [0.4, 0.5) is 4.39 Å². The molecule has 2 saturated heterocycles. The highest BCUT2D eigenvalue weighted by Crippen LogP contribution is 2.41. The second-order valence-corrected chi connectivity index (χ2v) is 6.10. The van der Waals surface area contributed by atoms with Gasteiger partial charge in [0.25, 0.3) is 5.91 Å². The van der Waals surface area contributed by atoms with Crippen LogP contribution in [-0.2, 0) is 0 Å². The van der Waals surface area contributed by atoms with Crippen molar-refractivity contribution in [3.8, 4) is 0 Å². The summed E-state index contributed by atoms with van der Waals surface area (Å²) in [6.07, 6.45) is 10.2. The number of carbonyl (C=O) groups excluding carboxylic acids is 1. The van der Waals surface area contributed by atoms with E-state index in [0.29, 0.717) is 11.6 Å². The maximum absolute atomic E-state index is 13.3. The minimum atomic E-state index is -0.468. The van der Waals surface area contributed by atoms with Crippen LogP contribution in [-0.4, -0.2) is 37.7 Å². The molecule has 5 nitrogen and oxygen atoms in total. The van der Waals surface area contributed by atoms with Gasteiger partial charge in [-0.25, -0.2) is 4.39 Å². The zero-order chi connectivity index (χ0) is 15.1. The Morgan fingerprint density at radius 1 is 1.18 bits per heavy atom. The van der Waals surface area contributed by atoms with E-state index in [9.17, 15) is 9.18 Å². The summed E-state index contributed by atoms with van der Waals surface area (Å²) in [7, 11) is 0. The zero-order valence-corrected chi connectivity index (χ0v) is 12.1. The summed E-state index contributed by atoms with van der Waals surface area (Å²) in [6.45, 7) is 0. The molecule has 0 spiro atoms. The van der Waals surface area contributed by atoms with E-state index in [1.807, 2.05) is 21.8 Å². The lowest BCUT2D eigenvalue weighted by Gasteiger charge is -2.39. The standard InChI is InChI=1S/C16H17FN4O/c17-12-6-11(9-18-10-12)16(22)21-13-2-3-14(21)8-15(7-13)20-5-1-4-19-20/h1,4-6,9-10,13-15H,2-3,7-8H2. The highest BCUT2D eigenvalue weighted by atomic mass is 19.1. The molecule has 2 fully saturated rings. The number of halogens is 1. The van der Waals surface area contributed by atoms with Gasteiger partial charge in [0.1, 0.15) is 5.82 Å². The molecule has 0 saturated carbocycles. The van der Waals surface area contributed by atoms with Crippen LogP contribution in [0.15, 0.2) is 36.9 Å². The molecular formula is C16H17FN4O. The van der Waals surface area contributed by atoms with Crippen LogP contribution in [0.5, 0.6) is 0 Å². The normalized spacial score (nSPS) is 27.1. The Morgan fingerprint density at radius 3 is 2.59 bits per heavy atom. The molecule has 0 N–H and O–H groups in total. The van der Waals surface area contributed by atoms with Gasteiger partial charge in [0.15, 0.2) is 0 Å². The quantitative estimate of drug-likeness (QED) is 0.856. The van der Waals surface area contributed by atoms with Crippen molar-refractivity contribution in [3.05, 3.63) is 48.3 Å². The third kappa shape index (κ3) is 2.19. The van der Waals surface area contributed by atoms with E-state index in [1.54, 1.807) is 6.20 Å². The van der Waals surface area contributed by atoms with Crippen molar-refractivity contribution in [2.45, 2.75) is 43.8 Å². The summed E-state index contributed by atoms with van der Waals surface area (Å²) in [4.78, 5) is 18.4. The van der Waals surface area contributed by atoms with Crippen molar-refractivity contribution in [1.82, 2.24) is 19.7 Å². The first-order valence-electron chi connectivity index (χ1n) is 7.64. The number of aromatic nitrogens is 3. The average molecular weight is 300 g/mol. The number of amides is 1. The van der Waals surface area contributed by atoms with Crippen molar-refractivity contribution in [1.29, 1.82) is 0 Å². The number of nitrogens with zero attached hydrogens (tertiary/aromatic N) is 4. The van der Waals surface area contributed by atoms with Crippen molar-refractivity contribution >= 4 is 5.91 Å². The Kier molecular flexibility index (Phi) is 3.17. The summed E-state index contributed by atoms with van der Waals surface area (Å²) in [5, 5.41) is 4.33. The third-order valence-electron chi connectivity index (χ3n) is 4.79. The van der Waals surface area contributed by atoms with E-state index in [1.165, 1.54) is 12.3 Å². The Balaban J connectivity index is 1.56. The van der Waals surface area contributed by atoms with Crippen LogP contribution >= 0.6 is 0 Å². The van der Waals surface area contributed by atoms with Crippen LogP contribution in [0, 0.1) is 5.82 Å². The summed E-state index contributed by atoms with van der Waals surface area (Å²) in [5.74, 6) is -0.567. The molecule has 2 bridgehead atoms. The first-order valence-corrected chi connectivity index (χ1v) is 7.64. The molecule has 4 heterocycles. The van der Waals surface area contributed by atoms with Gasteiger partial charge in [0, 0.05) is 30.7 Å². The molecule has 0 radical (unpaired) electrons. The van der Waals surface area contributed by atoms with Gasteiger partial charge in [-0.3, -0.25) is 14.5 Å². The average Bonchev–Trinajstić information content (AvgIpc) is 3.13. The van der Waals surface area contributed by atoms with Crippen LogP contribution in [0.1, 0.15) is 42.1 Å². The Hall–Kier alpha value is -2.24. The van der Waals surface area contributed by atoms with E-state index in [4.69, 9.17) is 0 Å². The SMILES string of the molecule is O=C(c1cncc(F)c1)N1C2CCC1CC(n1cccn1)C2. The Morgan fingerprint density at radius 2 is 1.95 bits per heavy atom. The van der Waals surface area contributed by atoms with Crippen LogP contribution in [0.25, 0.3) is 0 Å². The number of piperidine rings is 1. The minimum Gasteiger partial charge on any atom is -0.332 e. The molecule has 2 atom stereocenters. The number of hydrogen-bond acceptors (Lipinski definition) is 3. The maximum atomic E-state index is 13.3. The Bertz CT molecular complexity index is 673. The van der Waals surface area contributed by atoms with E-state index >= 15 is 0 Å². The fraction of sp³-hybridized carbons (Fsp3) is 0.438. The number of pyridine rings is 1. The predicted molar refractivity (Wildman–Crippen MR) is 77.7 cm³/mol. The molecule has 4 rings (SSSR count). The molecule has 2 unspecified atom stereocenters. The van der Waals surface area contributed by atoms with Gasteiger partial charge in [-0.05, 0) is 37.8 Å². The van der Waals surface area contributed by atoms with Crippen LogP contribution in [0.3, 0.4) is 0 Å². The molecule has 114 valence electrons. The van der Waals surface area contributed by atoms with E-state index in [0.717, 1.165) is 31.9 Å². The number of carbonyl (C=O) groups is 1. The van der Waals surface area contributed by atoms with Gasteiger partial charge in [-0.15, -0.1) is 0 Å². The molecule has 2 aliphatic heterocycles. The van der Waals surface area contributed by atoms with Crippen LogP contribution in [0.2, 0.25) is 0 Å². The largest absolute Gasteiger partial charge is 0.332 e. The molecule has 0 aliphatic carbocycles. The summed E-state index contributed by atoms with van der Waals surface area (Å²) < 4.78 is 15.3. The molecular weight excluding hydrogens is 283 g/mol. The summed E-state index contributed by atoms with van der Waals surface area (Å²) in [5.41, 5.74) is 0.342. The van der Waals surface area contributed by atoms with E-state index in [-0.39, 0.29) is 18.0 Å². The van der Waals surface area contributed by atoms with Gasteiger partial charge >= 0.3 is 0 Å². The lowest BCUT2D eigenvalue weighted by atomic mass is 9.96. The van der Waals surface area contributed by atoms with Gasteiger partial charge in [-0.2, -0.15) is 5.10 Å². The van der Waals surface area contributed by atoms with Gasteiger partial charge in [0.05, 0.1) is 17.8 Å². The van der Waals surface area contributed by atoms with Crippen molar-refractivity contribution in [2.75, 3.05) is 0 Å². The zero-order valence-electron chi connectivity index (χ0n) is 12.1. The van der Waals surface area contributed by atoms with Crippen molar-refractivity contribution in [2.24, 2.45) is 0 Å². The highest BCUT2D eigenvalue weighted by molar-refractivity contribution is 5.94.